The Bertz CT molecular complexity index is 553. The summed E-state index contributed by atoms with van der Waals surface area (Å²) < 4.78 is 42.4. The quantitative estimate of drug-likeness (QED) is 0.928. The van der Waals surface area contributed by atoms with E-state index in [9.17, 15) is 13.2 Å². The van der Waals surface area contributed by atoms with Gasteiger partial charge >= 0.3 is 6.18 Å². The second-order valence-corrected chi connectivity index (χ2v) is 3.83. The lowest BCUT2D eigenvalue weighted by molar-refractivity contribution is -0.141. The Hall–Kier alpha value is -2.08. The van der Waals surface area contributed by atoms with Gasteiger partial charge in [-0.2, -0.15) is 13.2 Å². The molecule has 2 N–H and O–H groups in total. The van der Waals surface area contributed by atoms with Crippen LogP contribution in [0.4, 0.5) is 13.2 Å². The highest BCUT2D eigenvalue weighted by Gasteiger charge is 2.32. The molecule has 1 aromatic carbocycles. The monoisotopic (exact) mass is 268 g/mol. The summed E-state index contributed by atoms with van der Waals surface area (Å²) in [5.41, 5.74) is 5.41. The molecule has 0 fully saturated rings. The average molecular weight is 268 g/mol. The van der Waals surface area contributed by atoms with E-state index in [4.69, 9.17) is 10.5 Å². The second-order valence-electron chi connectivity index (χ2n) is 3.83. The van der Waals surface area contributed by atoms with E-state index in [0.29, 0.717) is 12.3 Å². The molecular formula is C13H11F3N2O. The van der Waals surface area contributed by atoms with Crippen molar-refractivity contribution in [2.75, 3.05) is 0 Å². The van der Waals surface area contributed by atoms with Crippen LogP contribution in [0.2, 0.25) is 0 Å². The number of aromatic nitrogens is 1. The minimum Gasteiger partial charge on any atom is -0.456 e. The first kappa shape index (κ1) is 13.4. The van der Waals surface area contributed by atoms with Crippen molar-refractivity contribution in [3.8, 4) is 11.5 Å². The van der Waals surface area contributed by atoms with E-state index >= 15 is 0 Å². The van der Waals surface area contributed by atoms with Gasteiger partial charge in [0.1, 0.15) is 17.2 Å². The molecule has 0 saturated heterocycles. The van der Waals surface area contributed by atoms with Crippen molar-refractivity contribution in [3.05, 3.63) is 53.9 Å². The number of nitrogens with zero attached hydrogens (tertiary/aromatic N) is 1. The van der Waals surface area contributed by atoms with Gasteiger partial charge in [-0.1, -0.05) is 12.1 Å². The number of pyridine rings is 1. The van der Waals surface area contributed by atoms with E-state index in [1.165, 1.54) is 6.07 Å². The Kier molecular flexibility index (Phi) is 3.71. The van der Waals surface area contributed by atoms with E-state index in [2.05, 4.69) is 4.98 Å². The molecule has 6 heteroatoms. The predicted molar refractivity (Wildman–Crippen MR) is 63.6 cm³/mol. The van der Waals surface area contributed by atoms with E-state index < -0.39 is 11.9 Å². The third kappa shape index (κ3) is 3.45. The molecule has 0 saturated carbocycles. The second kappa shape index (κ2) is 5.27. The Morgan fingerprint density at radius 2 is 1.89 bits per heavy atom. The number of ether oxygens (including phenoxy) is 1. The maximum Gasteiger partial charge on any atom is 0.433 e. The highest BCUT2D eigenvalue weighted by Crippen LogP contribution is 2.29. The van der Waals surface area contributed by atoms with Gasteiger partial charge in [-0.05, 0) is 29.8 Å². The smallest absolute Gasteiger partial charge is 0.433 e. The summed E-state index contributed by atoms with van der Waals surface area (Å²) >= 11 is 0. The van der Waals surface area contributed by atoms with E-state index in [1.807, 2.05) is 6.07 Å². The summed E-state index contributed by atoms with van der Waals surface area (Å²) in [5, 5.41) is 0. The van der Waals surface area contributed by atoms with Crippen molar-refractivity contribution in [2.24, 2.45) is 5.73 Å². The molecule has 1 aromatic heterocycles. The molecule has 0 aliphatic carbocycles. The number of nitrogens with two attached hydrogens (primary N) is 1. The fraction of sp³-hybridized carbons (Fsp3) is 0.154. The van der Waals surface area contributed by atoms with Crippen LogP contribution >= 0.6 is 0 Å². The average Bonchev–Trinajstić information content (AvgIpc) is 2.38. The predicted octanol–water partition coefficient (Wildman–Crippen LogP) is 3.35. The van der Waals surface area contributed by atoms with Crippen LogP contribution in [-0.2, 0) is 12.7 Å². The molecule has 2 rings (SSSR count). The van der Waals surface area contributed by atoms with Crippen molar-refractivity contribution in [3.63, 3.8) is 0 Å². The van der Waals surface area contributed by atoms with Crippen LogP contribution in [0.1, 0.15) is 11.3 Å². The third-order valence-electron chi connectivity index (χ3n) is 2.40. The van der Waals surface area contributed by atoms with Gasteiger partial charge in [-0.15, -0.1) is 0 Å². The van der Waals surface area contributed by atoms with Crippen molar-refractivity contribution in [1.82, 2.24) is 4.98 Å². The minimum absolute atomic E-state index is 0.238. The molecule has 100 valence electrons. The number of halogens is 3. The molecule has 1 heterocycles. The number of hydrogen-bond donors (Lipinski definition) is 1. The zero-order valence-electron chi connectivity index (χ0n) is 9.82. The molecule has 0 aliphatic heterocycles. The van der Waals surface area contributed by atoms with E-state index in [-0.39, 0.29) is 5.75 Å². The van der Waals surface area contributed by atoms with Gasteiger partial charge in [0.2, 0.25) is 0 Å². The molecular weight excluding hydrogens is 257 g/mol. The van der Waals surface area contributed by atoms with Crippen LogP contribution < -0.4 is 10.5 Å². The number of hydrogen-bond acceptors (Lipinski definition) is 3. The van der Waals surface area contributed by atoms with E-state index in [0.717, 1.165) is 17.8 Å². The molecule has 0 amide bonds. The van der Waals surface area contributed by atoms with Crippen LogP contribution in [0.5, 0.6) is 11.5 Å². The Balaban J connectivity index is 2.15. The molecule has 0 atom stereocenters. The van der Waals surface area contributed by atoms with Crippen LogP contribution in [0, 0.1) is 0 Å². The summed E-state index contributed by atoms with van der Waals surface area (Å²) in [6, 6.07) is 9.11. The largest absolute Gasteiger partial charge is 0.456 e. The lowest BCUT2D eigenvalue weighted by Gasteiger charge is -2.08. The van der Waals surface area contributed by atoms with Gasteiger partial charge in [-0.25, -0.2) is 4.98 Å². The SMILES string of the molecule is NCc1cccc(Oc2ccc(C(F)(F)F)nc2)c1. The highest BCUT2D eigenvalue weighted by molar-refractivity contribution is 5.33. The summed E-state index contributed by atoms with van der Waals surface area (Å²) in [6.45, 7) is 0.364. The number of alkyl halides is 3. The van der Waals surface area contributed by atoms with Gasteiger partial charge in [-0.3, -0.25) is 0 Å². The molecule has 19 heavy (non-hydrogen) atoms. The van der Waals surface area contributed by atoms with Crippen LogP contribution in [0.25, 0.3) is 0 Å². The molecule has 0 spiro atoms. The normalized spacial score (nSPS) is 11.4. The van der Waals surface area contributed by atoms with Crippen LogP contribution in [-0.4, -0.2) is 4.98 Å². The molecule has 0 unspecified atom stereocenters. The van der Waals surface area contributed by atoms with Gasteiger partial charge < -0.3 is 10.5 Å². The van der Waals surface area contributed by atoms with Gasteiger partial charge in [0, 0.05) is 6.54 Å². The zero-order valence-corrected chi connectivity index (χ0v) is 9.82. The minimum atomic E-state index is -4.45. The molecule has 0 radical (unpaired) electrons. The Morgan fingerprint density at radius 3 is 2.47 bits per heavy atom. The Labute approximate surface area is 107 Å². The summed E-state index contributed by atoms with van der Waals surface area (Å²) in [5.74, 6) is 0.742. The fourth-order valence-electron chi connectivity index (χ4n) is 1.48. The van der Waals surface area contributed by atoms with Gasteiger partial charge in [0.25, 0.3) is 0 Å². The molecule has 3 nitrogen and oxygen atoms in total. The maximum atomic E-state index is 12.3. The zero-order chi connectivity index (χ0) is 13.9. The summed E-state index contributed by atoms with van der Waals surface area (Å²) in [7, 11) is 0. The van der Waals surface area contributed by atoms with Crippen LogP contribution in [0.15, 0.2) is 42.6 Å². The Morgan fingerprint density at radius 1 is 1.11 bits per heavy atom. The fourth-order valence-corrected chi connectivity index (χ4v) is 1.48. The first-order valence-corrected chi connectivity index (χ1v) is 5.49. The summed E-state index contributed by atoms with van der Waals surface area (Å²) in [6.07, 6.45) is -3.41. The van der Waals surface area contributed by atoms with Crippen LogP contribution in [0.3, 0.4) is 0 Å². The number of benzene rings is 1. The number of rotatable bonds is 3. The van der Waals surface area contributed by atoms with Crippen molar-refractivity contribution in [2.45, 2.75) is 12.7 Å². The first-order chi connectivity index (χ1) is 8.99. The van der Waals surface area contributed by atoms with Crippen molar-refractivity contribution < 1.29 is 17.9 Å². The van der Waals surface area contributed by atoms with Crippen molar-refractivity contribution >= 4 is 0 Å². The van der Waals surface area contributed by atoms with Gasteiger partial charge in [0.05, 0.1) is 6.20 Å². The maximum absolute atomic E-state index is 12.3. The van der Waals surface area contributed by atoms with E-state index in [1.54, 1.807) is 18.2 Å². The third-order valence-corrected chi connectivity index (χ3v) is 2.40. The molecule has 0 bridgehead atoms. The molecule has 0 aliphatic rings. The topological polar surface area (TPSA) is 48.1 Å². The molecule has 2 aromatic rings. The summed E-state index contributed by atoms with van der Waals surface area (Å²) in [4.78, 5) is 3.31. The standard InChI is InChI=1S/C13H11F3N2O/c14-13(15,16)12-5-4-11(8-18-12)19-10-3-1-2-9(6-10)7-17/h1-6,8H,7,17H2. The van der Waals surface area contributed by atoms with Crippen molar-refractivity contribution in [1.29, 1.82) is 0 Å². The highest BCUT2D eigenvalue weighted by atomic mass is 19.4. The first-order valence-electron chi connectivity index (χ1n) is 5.49. The lowest BCUT2D eigenvalue weighted by atomic mass is 10.2. The van der Waals surface area contributed by atoms with Gasteiger partial charge in [0.15, 0.2) is 0 Å². The lowest BCUT2D eigenvalue weighted by Crippen LogP contribution is -2.07.